The van der Waals surface area contributed by atoms with E-state index >= 15 is 0 Å². The number of pyridine rings is 3. The number of rotatable bonds is 4. The Hall–Kier alpha value is -5.97. The molecule has 4 atom stereocenters. The van der Waals surface area contributed by atoms with Gasteiger partial charge in [0.1, 0.15) is 6.10 Å². The number of aliphatic hydroxyl groups excluding tert-OH is 1. The van der Waals surface area contributed by atoms with E-state index in [4.69, 9.17) is 4.74 Å². The highest BCUT2D eigenvalue weighted by atomic mass is 19.2. The molecule has 0 spiro atoms. The van der Waals surface area contributed by atoms with Gasteiger partial charge >= 0.3 is 11.8 Å². The standard InChI is InChI=1S/C28H27F2N5O4.C16H15F2NO2/c29-20-6-1-5-19(23(20)30)28(38)11-8-22(24-17(16-28)4-2-12-31-24)39-27(37)34-14-9-18(10-15-34)35-21-7-3-13-32-25(21)33-26(35)36;17-12-5-1-4-11(14(12)18)16(21)7-6-13(20)15-10(9-16)3-2-8-19-15/h1-7,12-13,18,22,38H,8-11,14-16H2,(H,32,33,36);1-5,8,13,20-21H,6-7,9H2/t22-,28+;13-,16+/m11/s1. The van der Waals surface area contributed by atoms with Gasteiger partial charge in [-0.15, -0.1) is 0 Å². The smallest absolute Gasteiger partial charge is 0.410 e. The molecule has 16 heteroatoms. The van der Waals surface area contributed by atoms with Crippen LogP contribution in [0.2, 0.25) is 0 Å². The molecule has 9 rings (SSSR count). The van der Waals surface area contributed by atoms with E-state index < -0.39 is 52.8 Å². The van der Waals surface area contributed by atoms with Crippen LogP contribution in [0, 0.1) is 23.3 Å². The summed E-state index contributed by atoms with van der Waals surface area (Å²) in [7, 11) is 0. The van der Waals surface area contributed by atoms with E-state index in [9.17, 15) is 42.5 Å². The molecule has 1 fully saturated rings. The largest absolute Gasteiger partial charge is 0.440 e. The van der Waals surface area contributed by atoms with Crippen molar-refractivity contribution >= 4 is 17.3 Å². The van der Waals surface area contributed by atoms with E-state index in [-0.39, 0.29) is 61.4 Å². The molecule has 12 nitrogen and oxygen atoms in total. The van der Waals surface area contributed by atoms with Gasteiger partial charge in [0, 0.05) is 61.7 Å². The molecule has 4 N–H and O–H groups in total. The van der Waals surface area contributed by atoms with Crippen LogP contribution in [0.1, 0.15) is 90.4 Å². The average molecular weight is 827 g/mol. The Morgan fingerprint density at radius 2 is 1.27 bits per heavy atom. The van der Waals surface area contributed by atoms with Crippen LogP contribution in [0.25, 0.3) is 11.2 Å². The fraction of sp³-hybridized carbons (Fsp3) is 0.341. The average Bonchev–Trinajstić information content (AvgIpc) is 3.43. The topological polar surface area (TPSA) is 167 Å². The molecule has 1 aliphatic heterocycles. The predicted molar refractivity (Wildman–Crippen MR) is 209 cm³/mol. The minimum atomic E-state index is -1.69. The summed E-state index contributed by atoms with van der Waals surface area (Å²) in [5.41, 5.74) is -0.190. The highest BCUT2D eigenvalue weighted by molar-refractivity contribution is 5.70. The molecule has 60 heavy (non-hydrogen) atoms. The first-order valence-corrected chi connectivity index (χ1v) is 19.8. The minimum absolute atomic E-state index is 0.00419. The van der Waals surface area contributed by atoms with Gasteiger partial charge in [0.2, 0.25) is 0 Å². The van der Waals surface area contributed by atoms with E-state index in [0.29, 0.717) is 54.1 Å². The molecule has 1 amide bonds. The van der Waals surface area contributed by atoms with Gasteiger partial charge in [-0.3, -0.25) is 19.5 Å². The van der Waals surface area contributed by atoms with Gasteiger partial charge in [0.15, 0.2) is 28.9 Å². The molecular formula is C44H42F4N6O6. The zero-order valence-electron chi connectivity index (χ0n) is 32.3. The summed E-state index contributed by atoms with van der Waals surface area (Å²) in [6.07, 6.45) is 4.47. The van der Waals surface area contributed by atoms with Crippen molar-refractivity contribution in [1.29, 1.82) is 0 Å². The lowest BCUT2D eigenvalue weighted by Gasteiger charge is -2.33. The third-order valence-corrected chi connectivity index (χ3v) is 11.8. The summed E-state index contributed by atoms with van der Waals surface area (Å²) in [6.45, 7) is 0.784. The first kappa shape index (κ1) is 40.8. The van der Waals surface area contributed by atoms with E-state index in [2.05, 4.69) is 19.9 Å². The lowest BCUT2D eigenvalue weighted by molar-refractivity contribution is 0.00512. The number of piperidine rings is 1. The highest BCUT2D eigenvalue weighted by Gasteiger charge is 2.41. The minimum Gasteiger partial charge on any atom is -0.440 e. The van der Waals surface area contributed by atoms with Crippen molar-refractivity contribution < 1.29 is 42.4 Å². The zero-order valence-corrected chi connectivity index (χ0v) is 32.3. The van der Waals surface area contributed by atoms with Crippen LogP contribution < -0.4 is 5.69 Å². The van der Waals surface area contributed by atoms with Gasteiger partial charge in [-0.25, -0.2) is 32.1 Å². The number of halogens is 4. The molecular weight excluding hydrogens is 785 g/mol. The van der Waals surface area contributed by atoms with Crippen LogP contribution in [0.15, 0.2) is 96.2 Å². The van der Waals surface area contributed by atoms with E-state index in [1.54, 1.807) is 58.4 Å². The highest BCUT2D eigenvalue weighted by Crippen LogP contribution is 2.42. The van der Waals surface area contributed by atoms with Gasteiger partial charge < -0.3 is 25.0 Å². The Bertz CT molecular complexity index is 2600. The number of nitrogens with zero attached hydrogens (tertiary/aromatic N) is 5. The second-order valence-electron chi connectivity index (χ2n) is 15.6. The molecule has 2 aromatic carbocycles. The van der Waals surface area contributed by atoms with Crippen LogP contribution >= 0.6 is 0 Å². The molecule has 6 aromatic rings. The number of fused-ring (bicyclic) bond motifs is 3. The Morgan fingerprint density at radius 1 is 0.717 bits per heavy atom. The number of hydrogen-bond donors (Lipinski definition) is 4. The summed E-state index contributed by atoms with van der Waals surface area (Å²) < 4.78 is 63.7. The maximum Gasteiger partial charge on any atom is 0.410 e. The number of likely N-dealkylation sites (tertiary alicyclic amines) is 1. The van der Waals surface area contributed by atoms with Crippen LogP contribution in [0.5, 0.6) is 0 Å². The van der Waals surface area contributed by atoms with Gasteiger partial charge in [-0.05, 0) is 86.1 Å². The SMILES string of the molecule is O=C(O[C@@H]1CC[C@@](O)(c2cccc(F)c2F)Cc2cccnc21)N1CCC(n2c(=O)[nH]c3ncccc32)CC1.O[C@@H]1CC[C@@](O)(c2cccc(F)c2F)Cc2cccnc21. The number of carbonyl (C=O) groups excluding carboxylic acids is 1. The van der Waals surface area contributed by atoms with Gasteiger partial charge in [0.25, 0.3) is 0 Å². The maximum atomic E-state index is 14.7. The lowest BCUT2D eigenvalue weighted by atomic mass is 9.85. The number of benzene rings is 2. The van der Waals surface area contributed by atoms with Crippen molar-refractivity contribution in [3.63, 3.8) is 0 Å². The van der Waals surface area contributed by atoms with Crippen molar-refractivity contribution in [2.75, 3.05) is 13.1 Å². The summed E-state index contributed by atoms with van der Waals surface area (Å²) in [6, 6.07) is 17.9. The molecule has 1 saturated heterocycles. The lowest BCUT2D eigenvalue weighted by Crippen LogP contribution is -2.41. The molecule has 0 saturated carbocycles. The predicted octanol–water partition coefficient (Wildman–Crippen LogP) is 6.75. The summed E-state index contributed by atoms with van der Waals surface area (Å²) in [5.74, 6) is -4.15. The Labute approximate surface area is 341 Å². The van der Waals surface area contributed by atoms with Gasteiger partial charge in [-0.1, -0.05) is 36.4 Å². The maximum absolute atomic E-state index is 14.7. The first-order chi connectivity index (χ1) is 28.8. The third-order valence-electron chi connectivity index (χ3n) is 11.8. The van der Waals surface area contributed by atoms with Gasteiger partial charge in [-0.2, -0.15) is 0 Å². The van der Waals surface area contributed by atoms with Crippen LogP contribution in [-0.4, -0.2) is 63.9 Å². The summed E-state index contributed by atoms with van der Waals surface area (Å²) >= 11 is 0. The monoisotopic (exact) mass is 826 g/mol. The van der Waals surface area contributed by atoms with Gasteiger partial charge in [0.05, 0.1) is 34.2 Å². The number of nitrogens with one attached hydrogen (secondary N) is 1. The second kappa shape index (κ2) is 16.6. The zero-order chi connectivity index (χ0) is 42.2. The molecule has 312 valence electrons. The van der Waals surface area contributed by atoms with Crippen molar-refractivity contribution in [1.82, 2.24) is 29.4 Å². The van der Waals surface area contributed by atoms with E-state index in [0.717, 1.165) is 17.6 Å². The van der Waals surface area contributed by atoms with Crippen molar-refractivity contribution in [2.24, 2.45) is 0 Å². The van der Waals surface area contributed by atoms with E-state index in [1.165, 1.54) is 24.3 Å². The molecule has 2 aliphatic carbocycles. The number of amides is 1. The molecule has 3 aliphatic rings. The number of aromatic amines is 1. The second-order valence-corrected chi connectivity index (χ2v) is 15.6. The van der Waals surface area contributed by atoms with E-state index in [1.807, 2.05) is 6.07 Å². The number of carbonyl (C=O) groups is 1. The number of imidazole rings is 1. The first-order valence-electron chi connectivity index (χ1n) is 19.8. The number of ether oxygens (including phenoxy) is 1. The summed E-state index contributed by atoms with van der Waals surface area (Å²) in [4.78, 5) is 42.9. The molecule has 4 aromatic heterocycles. The van der Waals surface area contributed by atoms with Crippen molar-refractivity contribution in [3.8, 4) is 0 Å². The third kappa shape index (κ3) is 7.89. The fourth-order valence-electron chi connectivity index (χ4n) is 8.74. The summed E-state index contributed by atoms with van der Waals surface area (Å²) in [5, 5.41) is 32.4. The molecule has 0 bridgehead atoms. The van der Waals surface area contributed by atoms with Crippen LogP contribution in [-0.2, 0) is 28.8 Å². The Kier molecular flexibility index (Phi) is 11.3. The Morgan fingerprint density at radius 3 is 1.90 bits per heavy atom. The Balaban J connectivity index is 0.000000200. The number of aliphatic hydroxyl groups is 3. The molecule has 5 heterocycles. The van der Waals surface area contributed by atoms with Crippen molar-refractivity contribution in [2.45, 2.75) is 80.8 Å². The number of H-pyrrole nitrogens is 1. The fourth-order valence-corrected chi connectivity index (χ4v) is 8.74. The van der Waals surface area contributed by atoms with Crippen LogP contribution in [0.3, 0.4) is 0 Å². The normalized spacial score (nSPS) is 23.1. The number of aromatic nitrogens is 5. The number of hydrogen-bond acceptors (Lipinski definition) is 9. The van der Waals surface area contributed by atoms with Crippen LogP contribution in [0.4, 0.5) is 22.4 Å². The van der Waals surface area contributed by atoms with Crippen molar-refractivity contribution in [3.05, 3.63) is 159 Å². The molecule has 0 unspecified atom stereocenters. The quantitative estimate of drug-likeness (QED) is 0.111. The molecule has 0 radical (unpaired) electrons.